The summed E-state index contributed by atoms with van der Waals surface area (Å²) in [4.78, 5) is 39.4. The van der Waals surface area contributed by atoms with E-state index in [4.69, 9.17) is 27.9 Å². The van der Waals surface area contributed by atoms with Crippen LogP contribution in [0.15, 0.2) is 83.8 Å². The lowest BCUT2D eigenvalue weighted by Gasteiger charge is -2.22. The van der Waals surface area contributed by atoms with Crippen LogP contribution in [0.2, 0.25) is 10.0 Å². The second-order valence-electron chi connectivity index (χ2n) is 8.95. The number of aromatic nitrogens is 1. The Morgan fingerprint density at radius 3 is 2.21 bits per heavy atom. The van der Waals surface area contributed by atoms with Crippen LogP contribution in [0.25, 0.3) is 11.1 Å². The molecule has 0 aliphatic heterocycles. The molecular weight excluding hydrogens is 523 g/mol. The average molecular weight is 549 g/mol. The zero-order valence-electron chi connectivity index (χ0n) is 21.1. The first-order chi connectivity index (χ1) is 18.2. The summed E-state index contributed by atoms with van der Waals surface area (Å²) in [6.07, 6.45) is 1.73. The Morgan fingerprint density at radius 2 is 1.58 bits per heavy atom. The summed E-state index contributed by atoms with van der Waals surface area (Å²) >= 11 is 12.3. The van der Waals surface area contributed by atoms with E-state index >= 15 is 0 Å². The van der Waals surface area contributed by atoms with Crippen molar-refractivity contribution in [2.45, 2.75) is 26.3 Å². The molecule has 0 aliphatic carbocycles. The minimum Gasteiger partial charge on any atom is -0.495 e. The number of anilines is 1. The van der Waals surface area contributed by atoms with Crippen LogP contribution in [0.4, 0.5) is 5.69 Å². The first-order valence-corrected chi connectivity index (χ1v) is 12.6. The zero-order chi connectivity index (χ0) is 27.4. The van der Waals surface area contributed by atoms with Gasteiger partial charge in [-0.2, -0.15) is 0 Å². The van der Waals surface area contributed by atoms with E-state index < -0.39 is 11.6 Å². The number of rotatable bonds is 8. The van der Waals surface area contributed by atoms with Gasteiger partial charge in [0.2, 0.25) is 5.91 Å². The zero-order valence-corrected chi connectivity index (χ0v) is 22.6. The molecule has 3 aromatic carbocycles. The number of pyridine rings is 1. The number of carbonyl (C=O) groups excluding carboxylic acids is 2. The molecule has 0 radical (unpaired) electrons. The summed E-state index contributed by atoms with van der Waals surface area (Å²) in [5.74, 6) is -0.229. The fourth-order valence-electron chi connectivity index (χ4n) is 4.22. The van der Waals surface area contributed by atoms with Gasteiger partial charge in [-0.05, 0) is 67.4 Å². The predicted molar refractivity (Wildman–Crippen MR) is 152 cm³/mol. The molecule has 0 bridgehead atoms. The molecule has 1 aromatic heterocycles. The summed E-state index contributed by atoms with van der Waals surface area (Å²) in [6, 6.07) is 19.8. The number of ether oxygens (including phenoxy) is 1. The normalized spacial score (nSPS) is 11.6. The highest BCUT2D eigenvalue weighted by Crippen LogP contribution is 2.34. The van der Waals surface area contributed by atoms with Gasteiger partial charge >= 0.3 is 0 Å². The highest BCUT2D eigenvalue weighted by molar-refractivity contribution is 6.31. The van der Waals surface area contributed by atoms with Gasteiger partial charge in [-0.3, -0.25) is 19.0 Å². The van der Waals surface area contributed by atoms with E-state index in [0.717, 1.165) is 11.1 Å². The van der Waals surface area contributed by atoms with Crippen molar-refractivity contribution >= 4 is 40.6 Å². The molecule has 4 rings (SSSR count). The molecule has 0 saturated heterocycles. The highest BCUT2D eigenvalue weighted by atomic mass is 35.5. The number of Topliss-reactive ketones (excluding diaryl/α,β-unsaturated/α-hetero) is 1. The Hall–Kier alpha value is -3.87. The van der Waals surface area contributed by atoms with Crippen molar-refractivity contribution in [2.24, 2.45) is 0 Å². The number of nitrogens with zero attached hydrogens (tertiary/aromatic N) is 1. The molecule has 4 aromatic rings. The number of hydrogen-bond acceptors (Lipinski definition) is 4. The molecule has 0 spiro atoms. The minimum atomic E-state index is -0.903. The maximum atomic E-state index is 13.6. The van der Waals surface area contributed by atoms with Crippen molar-refractivity contribution in [3.8, 4) is 16.9 Å². The number of halogens is 2. The first-order valence-electron chi connectivity index (χ1n) is 11.9. The Morgan fingerprint density at radius 1 is 0.921 bits per heavy atom. The van der Waals surface area contributed by atoms with Gasteiger partial charge in [-0.1, -0.05) is 53.0 Å². The number of methoxy groups -OCH3 is 1. The van der Waals surface area contributed by atoms with Crippen molar-refractivity contribution in [1.29, 1.82) is 0 Å². The monoisotopic (exact) mass is 548 g/mol. The van der Waals surface area contributed by atoms with Gasteiger partial charge in [0.05, 0.1) is 13.3 Å². The Kier molecular flexibility index (Phi) is 8.35. The Balaban J connectivity index is 1.81. The van der Waals surface area contributed by atoms with Crippen molar-refractivity contribution in [3.63, 3.8) is 0 Å². The van der Waals surface area contributed by atoms with E-state index in [-0.39, 0.29) is 18.1 Å². The third kappa shape index (κ3) is 6.15. The topological polar surface area (TPSA) is 77.4 Å². The molecule has 0 aliphatic rings. The van der Waals surface area contributed by atoms with Gasteiger partial charge in [0.15, 0.2) is 5.78 Å². The van der Waals surface area contributed by atoms with E-state index in [2.05, 4.69) is 5.32 Å². The number of aryl methyl sites for hydroxylation is 1. The molecule has 1 atom stereocenters. The number of amides is 1. The Bertz CT molecular complexity index is 1540. The highest BCUT2D eigenvalue weighted by Gasteiger charge is 2.25. The Labute approximate surface area is 230 Å². The quantitative estimate of drug-likeness (QED) is 0.246. The van der Waals surface area contributed by atoms with E-state index in [9.17, 15) is 14.4 Å². The third-order valence-electron chi connectivity index (χ3n) is 6.21. The minimum absolute atomic E-state index is 0.180. The first kappa shape index (κ1) is 27.2. The van der Waals surface area contributed by atoms with Gasteiger partial charge in [0.25, 0.3) is 5.56 Å². The van der Waals surface area contributed by atoms with Crippen molar-refractivity contribution in [1.82, 2.24) is 4.57 Å². The fraction of sp³-hybridized carbons (Fsp3) is 0.167. The summed E-state index contributed by atoms with van der Waals surface area (Å²) in [5, 5.41) is 3.90. The molecule has 1 unspecified atom stereocenters. The van der Waals surface area contributed by atoms with Gasteiger partial charge < -0.3 is 10.1 Å². The molecule has 0 saturated carbocycles. The standard InChI is InChI=1S/C30H26Cl2N2O4/c1-18-4-11-23(12-5-18)33-30(37)27(14-20-6-8-21(31)9-7-20)34-17-28(38-3)26(16-29(34)36)25-15-22(32)10-13-24(25)19(2)35/h4-13,15-17,27H,14H2,1-3H3,(H,33,37). The van der Waals surface area contributed by atoms with Gasteiger partial charge in [-0.15, -0.1) is 0 Å². The number of benzene rings is 3. The van der Waals surface area contributed by atoms with Crippen LogP contribution >= 0.6 is 23.2 Å². The molecule has 1 N–H and O–H groups in total. The van der Waals surface area contributed by atoms with Crippen molar-refractivity contribution < 1.29 is 14.3 Å². The lowest BCUT2D eigenvalue weighted by atomic mass is 9.97. The van der Waals surface area contributed by atoms with Gasteiger partial charge in [0, 0.05) is 39.3 Å². The van der Waals surface area contributed by atoms with Gasteiger partial charge in [-0.25, -0.2) is 0 Å². The van der Waals surface area contributed by atoms with Crippen LogP contribution in [0.5, 0.6) is 5.75 Å². The molecule has 8 heteroatoms. The van der Waals surface area contributed by atoms with Crippen molar-refractivity contribution in [3.05, 3.63) is 116 Å². The van der Waals surface area contributed by atoms with Crippen molar-refractivity contribution in [2.75, 3.05) is 12.4 Å². The van der Waals surface area contributed by atoms with E-state index in [1.165, 1.54) is 30.9 Å². The second-order valence-corrected chi connectivity index (χ2v) is 9.82. The maximum absolute atomic E-state index is 13.6. The molecular formula is C30H26Cl2N2O4. The van der Waals surface area contributed by atoms with Crippen LogP contribution < -0.4 is 15.6 Å². The largest absolute Gasteiger partial charge is 0.495 e. The smallest absolute Gasteiger partial charge is 0.252 e. The van der Waals surface area contributed by atoms with E-state index in [1.54, 1.807) is 30.3 Å². The molecule has 38 heavy (non-hydrogen) atoms. The average Bonchev–Trinajstić information content (AvgIpc) is 2.89. The van der Waals surface area contributed by atoms with Gasteiger partial charge in [0.1, 0.15) is 11.8 Å². The number of ketones is 1. The summed E-state index contributed by atoms with van der Waals surface area (Å²) in [7, 11) is 1.46. The van der Waals surface area contributed by atoms with E-state index in [1.807, 2.05) is 43.3 Å². The van der Waals surface area contributed by atoms with Crippen LogP contribution in [-0.4, -0.2) is 23.4 Å². The summed E-state index contributed by atoms with van der Waals surface area (Å²) < 4.78 is 6.98. The van der Waals surface area contributed by atoms with Crippen LogP contribution in [0.3, 0.4) is 0 Å². The molecule has 1 amide bonds. The lowest BCUT2D eigenvalue weighted by molar-refractivity contribution is -0.119. The number of nitrogens with one attached hydrogen (secondary N) is 1. The number of carbonyl (C=O) groups is 2. The van der Waals surface area contributed by atoms with Crippen LogP contribution in [0.1, 0.15) is 34.5 Å². The van der Waals surface area contributed by atoms with E-state index in [0.29, 0.717) is 38.2 Å². The maximum Gasteiger partial charge on any atom is 0.252 e. The SMILES string of the molecule is COc1cn(C(Cc2ccc(Cl)cc2)C(=O)Nc2ccc(C)cc2)c(=O)cc1-c1cc(Cl)ccc1C(C)=O. The predicted octanol–water partition coefficient (Wildman–Crippen LogP) is 6.76. The number of hydrogen-bond donors (Lipinski definition) is 1. The molecule has 6 nitrogen and oxygen atoms in total. The summed E-state index contributed by atoms with van der Waals surface area (Å²) in [6.45, 7) is 3.40. The molecule has 194 valence electrons. The molecule has 1 heterocycles. The fourth-order valence-corrected chi connectivity index (χ4v) is 4.51. The molecule has 0 fully saturated rings. The third-order valence-corrected chi connectivity index (χ3v) is 6.70. The van der Waals surface area contributed by atoms with Crippen LogP contribution in [0, 0.1) is 6.92 Å². The summed E-state index contributed by atoms with van der Waals surface area (Å²) in [5.41, 5.74) is 3.34. The lowest BCUT2D eigenvalue weighted by Crippen LogP contribution is -2.34. The van der Waals surface area contributed by atoms with Crippen LogP contribution in [-0.2, 0) is 11.2 Å². The second kappa shape index (κ2) is 11.7.